The van der Waals surface area contributed by atoms with Crippen LogP contribution in [0.5, 0.6) is 5.75 Å². The van der Waals surface area contributed by atoms with Crippen molar-refractivity contribution >= 4 is 34.2 Å². The van der Waals surface area contributed by atoms with Gasteiger partial charge in [0.25, 0.3) is 11.8 Å². The van der Waals surface area contributed by atoms with Crippen molar-refractivity contribution in [1.82, 2.24) is 4.90 Å². The lowest BCUT2D eigenvalue weighted by Gasteiger charge is -2.35. The fourth-order valence-electron chi connectivity index (χ4n) is 5.78. The van der Waals surface area contributed by atoms with Crippen molar-refractivity contribution in [3.63, 3.8) is 0 Å². The van der Waals surface area contributed by atoms with Gasteiger partial charge in [-0.25, -0.2) is 0 Å². The quantitative estimate of drug-likeness (QED) is 0.293. The minimum atomic E-state index is -0.193. The summed E-state index contributed by atoms with van der Waals surface area (Å²) in [6, 6.07) is 25.5. The molecule has 0 atom stereocenters. The lowest BCUT2D eigenvalue weighted by atomic mass is 9.84. The summed E-state index contributed by atoms with van der Waals surface area (Å²) in [6.45, 7) is 2.66. The first-order chi connectivity index (χ1) is 19.6. The summed E-state index contributed by atoms with van der Waals surface area (Å²) in [7, 11) is 0. The molecule has 1 aliphatic heterocycles. The van der Waals surface area contributed by atoms with Crippen LogP contribution in [0.1, 0.15) is 54.1 Å². The van der Waals surface area contributed by atoms with Crippen molar-refractivity contribution < 1.29 is 18.7 Å². The summed E-state index contributed by atoms with van der Waals surface area (Å²) in [5.41, 5.74) is 3.88. The largest absolute Gasteiger partial charge is 0.484 e. The van der Waals surface area contributed by atoms with E-state index in [-0.39, 0.29) is 18.4 Å². The number of piperazine rings is 1. The number of benzene rings is 3. The maximum absolute atomic E-state index is 12.9. The van der Waals surface area contributed by atoms with Crippen LogP contribution in [0, 0.1) is 0 Å². The van der Waals surface area contributed by atoms with Gasteiger partial charge in [0.15, 0.2) is 12.4 Å². The van der Waals surface area contributed by atoms with Crippen molar-refractivity contribution in [3.8, 4) is 5.75 Å². The number of rotatable bonds is 7. The average Bonchev–Trinajstić information content (AvgIpc) is 3.45. The number of fused-ring (bicyclic) bond motifs is 1. The van der Waals surface area contributed by atoms with E-state index in [9.17, 15) is 9.59 Å². The Morgan fingerprint density at radius 1 is 0.850 bits per heavy atom. The Morgan fingerprint density at radius 2 is 1.57 bits per heavy atom. The van der Waals surface area contributed by atoms with Crippen molar-refractivity contribution in [3.05, 3.63) is 90.2 Å². The van der Waals surface area contributed by atoms with E-state index in [1.165, 1.54) is 37.7 Å². The maximum atomic E-state index is 12.9. The lowest BCUT2D eigenvalue weighted by molar-refractivity contribution is -0.118. The molecule has 1 aromatic heterocycles. The van der Waals surface area contributed by atoms with Gasteiger partial charge in [-0.15, -0.1) is 0 Å². The van der Waals surface area contributed by atoms with Gasteiger partial charge in [-0.3, -0.25) is 9.59 Å². The van der Waals surface area contributed by atoms with Crippen LogP contribution in [0.15, 0.2) is 83.3 Å². The molecule has 1 N–H and O–H groups in total. The summed E-state index contributed by atoms with van der Waals surface area (Å²) in [5, 5.41) is 3.85. The number of amides is 2. The van der Waals surface area contributed by atoms with Gasteiger partial charge in [-0.2, -0.15) is 0 Å². The second-order valence-corrected chi connectivity index (χ2v) is 10.7. The maximum Gasteiger partial charge on any atom is 0.289 e. The molecule has 2 aliphatic rings. The minimum Gasteiger partial charge on any atom is -0.484 e. The zero-order valence-electron chi connectivity index (χ0n) is 22.7. The predicted octanol–water partition coefficient (Wildman–Crippen LogP) is 6.46. The number of nitrogens with one attached hydrogen (secondary N) is 1. The molecular weight excluding hydrogens is 502 g/mol. The number of hydrogen-bond acceptors (Lipinski definition) is 5. The summed E-state index contributed by atoms with van der Waals surface area (Å²) in [5.74, 6) is 1.49. The van der Waals surface area contributed by atoms with Gasteiger partial charge >= 0.3 is 0 Å². The molecule has 1 aliphatic carbocycles. The molecule has 0 spiro atoms. The van der Waals surface area contributed by atoms with E-state index in [1.807, 2.05) is 71.6 Å². The number of ether oxygens (including phenoxy) is 1. The molecule has 40 heavy (non-hydrogen) atoms. The van der Waals surface area contributed by atoms with Gasteiger partial charge in [0.2, 0.25) is 0 Å². The highest BCUT2D eigenvalue weighted by Gasteiger charge is 2.25. The van der Waals surface area contributed by atoms with E-state index >= 15 is 0 Å². The normalized spacial score (nSPS) is 16.2. The van der Waals surface area contributed by atoms with Crippen molar-refractivity contribution in [2.24, 2.45) is 0 Å². The molecule has 0 bridgehead atoms. The summed E-state index contributed by atoms with van der Waals surface area (Å²) in [6.07, 6.45) is 6.50. The van der Waals surface area contributed by atoms with E-state index in [4.69, 9.17) is 9.15 Å². The Morgan fingerprint density at radius 3 is 2.30 bits per heavy atom. The molecule has 2 heterocycles. The molecule has 0 radical (unpaired) electrons. The summed E-state index contributed by atoms with van der Waals surface area (Å²) >= 11 is 0. The van der Waals surface area contributed by atoms with Crippen LogP contribution >= 0.6 is 0 Å². The lowest BCUT2D eigenvalue weighted by Crippen LogP contribution is -2.48. The van der Waals surface area contributed by atoms with Crippen LogP contribution in [0.3, 0.4) is 0 Å². The average molecular weight is 538 g/mol. The first-order valence-electron chi connectivity index (χ1n) is 14.3. The van der Waals surface area contributed by atoms with Crippen LogP contribution < -0.4 is 15.0 Å². The third kappa shape index (κ3) is 5.98. The highest BCUT2D eigenvalue weighted by Crippen LogP contribution is 2.33. The molecule has 4 aromatic rings. The fourth-order valence-corrected chi connectivity index (χ4v) is 5.78. The van der Waals surface area contributed by atoms with Gasteiger partial charge in [-0.05, 0) is 72.9 Å². The minimum absolute atomic E-state index is 0.0360. The van der Waals surface area contributed by atoms with Gasteiger partial charge in [-0.1, -0.05) is 49.6 Å². The Kier molecular flexibility index (Phi) is 7.71. The summed E-state index contributed by atoms with van der Waals surface area (Å²) in [4.78, 5) is 29.5. The zero-order valence-corrected chi connectivity index (χ0v) is 22.7. The molecular formula is C33H35N3O4. The van der Waals surface area contributed by atoms with Crippen molar-refractivity contribution in [1.29, 1.82) is 0 Å². The van der Waals surface area contributed by atoms with Crippen LogP contribution in [0.2, 0.25) is 0 Å². The first-order valence-corrected chi connectivity index (χ1v) is 14.3. The molecule has 3 aromatic carbocycles. The van der Waals surface area contributed by atoms with Gasteiger partial charge in [0.1, 0.15) is 11.3 Å². The topological polar surface area (TPSA) is 75.0 Å². The van der Waals surface area contributed by atoms with Crippen LogP contribution in [0.4, 0.5) is 11.4 Å². The van der Waals surface area contributed by atoms with E-state index < -0.39 is 0 Å². The fraction of sp³-hybridized carbons (Fsp3) is 0.333. The third-order valence-corrected chi connectivity index (χ3v) is 8.05. The Hall–Kier alpha value is -4.26. The molecule has 7 heteroatoms. The number of carbonyl (C=O) groups is 2. The molecule has 0 unspecified atom stereocenters. The number of nitrogens with zero attached hydrogens (tertiary/aromatic N) is 2. The van der Waals surface area contributed by atoms with Crippen molar-refractivity contribution in [2.75, 3.05) is 43.0 Å². The molecule has 2 fully saturated rings. The van der Waals surface area contributed by atoms with E-state index in [1.54, 1.807) is 0 Å². The van der Waals surface area contributed by atoms with Crippen LogP contribution in [-0.4, -0.2) is 49.5 Å². The molecule has 2 amide bonds. The van der Waals surface area contributed by atoms with Crippen LogP contribution in [0.25, 0.3) is 11.0 Å². The standard InChI is InChI=1S/C33H35N3O4/c37-32(23-39-29-16-10-25(11-17-29)24-6-2-1-3-7-24)34-27-12-14-28(15-13-27)35-18-20-36(21-19-35)33(38)31-22-26-8-4-5-9-30(26)40-31/h4-5,8-17,22,24H,1-3,6-7,18-21,23H2,(H,34,37). The van der Waals surface area contributed by atoms with E-state index in [0.29, 0.717) is 30.5 Å². The van der Waals surface area contributed by atoms with Crippen LogP contribution in [-0.2, 0) is 4.79 Å². The smallest absolute Gasteiger partial charge is 0.289 e. The number of carbonyl (C=O) groups excluding carboxylic acids is 2. The van der Waals surface area contributed by atoms with Crippen molar-refractivity contribution in [2.45, 2.75) is 38.0 Å². The molecule has 7 nitrogen and oxygen atoms in total. The number of anilines is 2. The molecule has 1 saturated carbocycles. The highest BCUT2D eigenvalue weighted by atomic mass is 16.5. The third-order valence-electron chi connectivity index (χ3n) is 8.05. The predicted molar refractivity (Wildman–Crippen MR) is 157 cm³/mol. The van der Waals surface area contributed by atoms with E-state index in [0.717, 1.165) is 35.4 Å². The monoisotopic (exact) mass is 537 g/mol. The van der Waals surface area contributed by atoms with Gasteiger partial charge in [0.05, 0.1) is 0 Å². The second kappa shape index (κ2) is 11.9. The van der Waals surface area contributed by atoms with Gasteiger partial charge < -0.3 is 24.3 Å². The zero-order chi connectivity index (χ0) is 27.3. The van der Waals surface area contributed by atoms with Gasteiger partial charge in [0, 0.05) is 42.9 Å². The number of para-hydroxylation sites is 1. The second-order valence-electron chi connectivity index (χ2n) is 10.7. The molecule has 1 saturated heterocycles. The highest BCUT2D eigenvalue weighted by molar-refractivity contribution is 5.96. The Balaban J connectivity index is 0.959. The molecule has 6 rings (SSSR count). The summed E-state index contributed by atoms with van der Waals surface area (Å²) < 4.78 is 11.5. The number of hydrogen-bond donors (Lipinski definition) is 1. The molecule has 206 valence electrons. The Bertz CT molecular complexity index is 1410. The SMILES string of the molecule is O=C(COc1ccc(C2CCCCC2)cc1)Nc1ccc(N2CCN(C(=O)c3cc4ccccc4o3)CC2)cc1. The van der Waals surface area contributed by atoms with E-state index in [2.05, 4.69) is 22.3 Å². The first kappa shape index (κ1) is 26.0. The Labute approximate surface area is 234 Å². The number of furan rings is 1.